The summed E-state index contributed by atoms with van der Waals surface area (Å²) in [5.74, 6) is 1.39. The van der Waals surface area contributed by atoms with Crippen molar-refractivity contribution in [1.82, 2.24) is 14.9 Å². The Balaban J connectivity index is 1.28. The molecule has 0 spiro atoms. The summed E-state index contributed by atoms with van der Waals surface area (Å²) in [6, 6.07) is 23.0. The third kappa shape index (κ3) is 4.65. The van der Waals surface area contributed by atoms with Crippen molar-refractivity contribution in [2.24, 2.45) is 0 Å². The fraction of sp³-hybridized carbons (Fsp3) is 0.200. The summed E-state index contributed by atoms with van der Waals surface area (Å²) in [6.07, 6.45) is 1.000. The van der Waals surface area contributed by atoms with E-state index in [1.807, 2.05) is 23.5 Å². The lowest BCUT2D eigenvalue weighted by molar-refractivity contribution is 0.249. The summed E-state index contributed by atoms with van der Waals surface area (Å²) < 4.78 is 13.3. The number of nitrogens with zero attached hydrogens (tertiary/aromatic N) is 3. The van der Waals surface area contributed by atoms with Gasteiger partial charge in [0.25, 0.3) is 0 Å². The zero-order valence-electron chi connectivity index (χ0n) is 21.6. The van der Waals surface area contributed by atoms with E-state index in [-0.39, 0.29) is 0 Å². The standard InChI is InChI=1S/C30H26N4O2S3/c1-35-22-14-21-25(15-23(22)36-2)39-30(32-21)33-29-27(28-31-20-10-6-7-11-24(20)37-28)19-12-13-34(17-26(19)38-29)16-18-8-4-3-5-9-18/h3-11,14-15H,12-13,16-17H2,1-2H3,(H,32,33). The molecule has 9 heteroatoms. The molecule has 0 atom stereocenters. The SMILES string of the molecule is COc1cc2nc(Nc3sc4c(c3-c3nc5ccccc5s3)CCN(Cc3ccccc3)C4)sc2cc1OC. The molecule has 7 rings (SSSR count). The minimum absolute atomic E-state index is 0.683. The number of thiophene rings is 1. The predicted octanol–water partition coefficient (Wildman–Crippen LogP) is 7.95. The van der Waals surface area contributed by atoms with Gasteiger partial charge in [-0.25, -0.2) is 9.97 Å². The summed E-state index contributed by atoms with van der Waals surface area (Å²) in [6.45, 7) is 2.92. The molecule has 0 aliphatic carbocycles. The molecule has 196 valence electrons. The van der Waals surface area contributed by atoms with Crippen LogP contribution in [0.1, 0.15) is 16.0 Å². The van der Waals surface area contributed by atoms with Crippen molar-refractivity contribution >= 4 is 64.6 Å². The highest BCUT2D eigenvalue weighted by Gasteiger charge is 2.27. The first-order valence-electron chi connectivity index (χ1n) is 12.7. The number of para-hydroxylation sites is 1. The highest BCUT2D eigenvalue weighted by atomic mass is 32.1. The van der Waals surface area contributed by atoms with Gasteiger partial charge < -0.3 is 14.8 Å². The molecule has 0 saturated heterocycles. The Hall–Kier alpha value is -3.50. The van der Waals surface area contributed by atoms with E-state index < -0.39 is 0 Å². The number of benzene rings is 3. The van der Waals surface area contributed by atoms with E-state index in [0.29, 0.717) is 11.5 Å². The number of nitrogens with one attached hydrogen (secondary N) is 1. The molecular weight excluding hydrogens is 545 g/mol. The number of hydrogen-bond acceptors (Lipinski definition) is 9. The molecule has 1 aliphatic rings. The normalized spacial score (nSPS) is 13.6. The molecule has 4 heterocycles. The van der Waals surface area contributed by atoms with Gasteiger partial charge in [-0.3, -0.25) is 4.90 Å². The van der Waals surface area contributed by atoms with Crippen molar-refractivity contribution in [2.45, 2.75) is 19.5 Å². The number of hydrogen-bond donors (Lipinski definition) is 1. The molecule has 0 bridgehead atoms. The van der Waals surface area contributed by atoms with Crippen LogP contribution in [0.2, 0.25) is 0 Å². The van der Waals surface area contributed by atoms with Crippen LogP contribution in [0, 0.1) is 0 Å². The lowest BCUT2D eigenvalue weighted by atomic mass is 10.0. The molecule has 0 unspecified atom stereocenters. The van der Waals surface area contributed by atoms with Gasteiger partial charge in [-0.15, -0.1) is 22.7 Å². The van der Waals surface area contributed by atoms with Gasteiger partial charge in [0.1, 0.15) is 10.0 Å². The fourth-order valence-electron chi connectivity index (χ4n) is 5.13. The van der Waals surface area contributed by atoms with Gasteiger partial charge in [-0.05, 0) is 29.7 Å². The number of methoxy groups -OCH3 is 2. The Morgan fingerprint density at radius 3 is 2.46 bits per heavy atom. The first kappa shape index (κ1) is 24.5. The summed E-state index contributed by atoms with van der Waals surface area (Å²) in [5, 5.41) is 6.72. The van der Waals surface area contributed by atoms with Crippen LogP contribution in [0.5, 0.6) is 11.5 Å². The third-order valence-corrected chi connectivity index (χ3v) is 10.1. The van der Waals surface area contributed by atoms with E-state index in [9.17, 15) is 0 Å². The van der Waals surface area contributed by atoms with Crippen LogP contribution in [-0.4, -0.2) is 35.6 Å². The average molecular weight is 571 g/mol. The number of fused-ring (bicyclic) bond motifs is 3. The molecule has 0 amide bonds. The Labute approximate surface area is 238 Å². The molecule has 3 aromatic heterocycles. The Morgan fingerprint density at radius 1 is 0.846 bits per heavy atom. The molecule has 39 heavy (non-hydrogen) atoms. The van der Waals surface area contributed by atoms with Crippen LogP contribution < -0.4 is 14.8 Å². The maximum Gasteiger partial charge on any atom is 0.188 e. The maximum absolute atomic E-state index is 5.51. The van der Waals surface area contributed by atoms with Gasteiger partial charge >= 0.3 is 0 Å². The first-order chi connectivity index (χ1) is 19.2. The second kappa shape index (κ2) is 10.2. The van der Waals surface area contributed by atoms with E-state index in [0.717, 1.165) is 56.9 Å². The smallest absolute Gasteiger partial charge is 0.188 e. The van der Waals surface area contributed by atoms with Crippen LogP contribution in [0.25, 0.3) is 31.0 Å². The fourth-order valence-corrected chi connectivity index (χ4v) is 8.48. The molecular formula is C30H26N4O2S3. The number of anilines is 2. The van der Waals surface area contributed by atoms with E-state index in [2.05, 4.69) is 64.8 Å². The number of thiazole rings is 2. The molecule has 6 nitrogen and oxygen atoms in total. The van der Waals surface area contributed by atoms with Crippen molar-refractivity contribution in [3.8, 4) is 22.1 Å². The monoisotopic (exact) mass is 570 g/mol. The minimum atomic E-state index is 0.683. The summed E-state index contributed by atoms with van der Waals surface area (Å²) >= 11 is 5.21. The maximum atomic E-state index is 5.51. The molecule has 1 aliphatic heterocycles. The van der Waals surface area contributed by atoms with E-state index in [1.165, 1.54) is 26.3 Å². The topological polar surface area (TPSA) is 59.5 Å². The Morgan fingerprint density at radius 2 is 1.64 bits per heavy atom. The quantitative estimate of drug-likeness (QED) is 0.210. The highest BCUT2D eigenvalue weighted by molar-refractivity contribution is 7.24. The van der Waals surface area contributed by atoms with Gasteiger partial charge in [0.05, 0.1) is 34.7 Å². The van der Waals surface area contributed by atoms with Crippen LogP contribution in [0.4, 0.5) is 10.1 Å². The van der Waals surface area contributed by atoms with Crippen molar-refractivity contribution < 1.29 is 9.47 Å². The molecule has 3 aromatic carbocycles. The molecule has 0 fully saturated rings. The summed E-state index contributed by atoms with van der Waals surface area (Å²) in [5.41, 5.74) is 5.92. The molecule has 6 aromatic rings. The van der Waals surface area contributed by atoms with Gasteiger partial charge in [-0.2, -0.15) is 0 Å². The zero-order valence-corrected chi connectivity index (χ0v) is 24.0. The van der Waals surface area contributed by atoms with Crippen molar-refractivity contribution in [3.63, 3.8) is 0 Å². The Bertz CT molecular complexity index is 1720. The van der Waals surface area contributed by atoms with Crippen LogP contribution in [0.15, 0.2) is 66.7 Å². The zero-order chi connectivity index (χ0) is 26.3. The second-order valence-electron chi connectivity index (χ2n) is 9.46. The van der Waals surface area contributed by atoms with Crippen LogP contribution in [-0.2, 0) is 19.5 Å². The summed E-state index contributed by atoms with van der Waals surface area (Å²) in [4.78, 5) is 13.9. The minimum Gasteiger partial charge on any atom is -0.493 e. The second-order valence-corrected chi connectivity index (χ2v) is 12.6. The first-order valence-corrected chi connectivity index (χ1v) is 15.2. The van der Waals surface area contributed by atoms with Gasteiger partial charge in [0.15, 0.2) is 16.6 Å². The van der Waals surface area contributed by atoms with E-state index in [1.54, 1.807) is 36.9 Å². The van der Waals surface area contributed by atoms with Gasteiger partial charge in [-0.1, -0.05) is 53.8 Å². The average Bonchev–Trinajstić information content (AvgIpc) is 3.66. The van der Waals surface area contributed by atoms with Crippen LogP contribution >= 0.6 is 34.0 Å². The van der Waals surface area contributed by atoms with Gasteiger partial charge in [0.2, 0.25) is 0 Å². The largest absolute Gasteiger partial charge is 0.493 e. The Kier molecular flexibility index (Phi) is 6.44. The third-order valence-electron chi connectivity index (χ3n) is 7.01. The molecule has 1 N–H and O–H groups in total. The van der Waals surface area contributed by atoms with Crippen molar-refractivity contribution in [2.75, 3.05) is 26.1 Å². The van der Waals surface area contributed by atoms with E-state index >= 15 is 0 Å². The van der Waals surface area contributed by atoms with E-state index in [4.69, 9.17) is 19.4 Å². The molecule has 0 saturated carbocycles. The van der Waals surface area contributed by atoms with Crippen LogP contribution in [0.3, 0.4) is 0 Å². The summed E-state index contributed by atoms with van der Waals surface area (Å²) in [7, 11) is 3.31. The number of ether oxygens (including phenoxy) is 2. The number of rotatable bonds is 7. The highest BCUT2D eigenvalue weighted by Crippen LogP contribution is 2.47. The number of aromatic nitrogens is 2. The van der Waals surface area contributed by atoms with Crippen molar-refractivity contribution in [1.29, 1.82) is 0 Å². The van der Waals surface area contributed by atoms with Gasteiger partial charge in [0, 0.05) is 42.2 Å². The molecule has 0 radical (unpaired) electrons. The lowest BCUT2D eigenvalue weighted by Crippen LogP contribution is -2.29. The lowest BCUT2D eigenvalue weighted by Gasteiger charge is -2.27. The van der Waals surface area contributed by atoms with Crippen molar-refractivity contribution in [3.05, 3.63) is 82.7 Å². The predicted molar refractivity (Wildman–Crippen MR) is 163 cm³/mol.